The number of nitrogens with one attached hydrogen (secondary N) is 1. The van der Waals surface area contributed by atoms with E-state index in [1.807, 2.05) is 5.32 Å². The Bertz CT molecular complexity index is 532. The number of hydrogen-bond acceptors (Lipinski definition) is 4. The largest absolute Gasteiger partial charge is 0.460 e. The fourth-order valence-corrected chi connectivity index (χ4v) is 3.96. The van der Waals surface area contributed by atoms with E-state index in [9.17, 15) is 43.9 Å². The van der Waals surface area contributed by atoms with Gasteiger partial charge in [-0.3, -0.25) is 4.79 Å². The van der Waals surface area contributed by atoms with Crippen molar-refractivity contribution in [1.29, 1.82) is 0 Å². The van der Waals surface area contributed by atoms with Gasteiger partial charge in [0, 0.05) is 6.04 Å². The molecule has 130 valence electrons. The van der Waals surface area contributed by atoms with Crippen molar-refractivity contribution in [3.8, 4) is 0 Å². The Morgan fingerprint density at radius 2 is 1.68 bits per heavy atom. The second-order valence-electron chi connectivity index (χ2n) is 4.55. The van der Waals surface area contributed by atoms with E-state index >= 15 is 0 Å². The lowest BCUT2D eigenvalue weighted by Gasteiger charge is -2.27. The van der Waals surface area contributed by atoms with Gasteiger partial charge in [-0.2, -0.15) is 30.7 Å². The minimum atomic E-state index is -6.46. The number of hydrogen-bond donors (Lipinski definition) is 1. The van der Waals surface area contributed by atoms with Crippen LogP contribution in [0.2, 0.25) is 0 Å². The van der Waals surface area contributed by atoms with E-state index in [0.29, 0.717) is 0 Å². The number of amides is 1. The number of halogens is 7. The molecule has 0 aromatic heterocycles. The SMILES string of the molecule is O=C(CSC(F)(F)C(F)(F)C(F)(F)F)N[C@H]1CCS(=O)(=O)C1. The van der Waals surface area contributed by atoms with Crippen LogP contribution in [0, 0.1) is 0 Å². The van der Waals surface area contributed by atoms with Crippen LogP contribution in [0.4, 0.5) is 30.7 Å². The van der Waals surface area contributed by atoms with Gasteiger partial charge in [0.1, 0.15) is 0 Å². The highest BCUT2D eigenvalue weighted by Crippen LogP contribution is 2.51. The van der Waals surface area contributed by atoms with Gasteiger partial charge in [0.2, 0.25) is 5.91 Å². The Kier molecular flexibility index (Phi) is 5.32. The average Bonchev–Trinajstić information content (AvgIpc) is 2.64. The third kappa shape index (κ3) is 4.40. The van der Waals surface area contributed by atoms with Crippen molar-refractivity contribution in [3.05, 3.63) is 0 Å². The highest BCUT2D eigenvalue weighted by Gasteiger charge is 2.73. The summed E-state index contributed by atoms with van der Waals surface area (Å²) in [5.41, 5.74) is 0. The standard InChI is InChI=1S/C9H10F7NO3S2/c10-7(11,8(12,13)14)9(15,16)21-3-6(18)17-5-1-2-22(19,20)4-5/h5H,1-4H2,(H,17,18)/t5-/m0/s1. The molecule has 22 heavy (non-hydrogen) atoms. The molecule has 0 aromatic carbocycles. The molecule has 1 rings (SSSR count). The molecular formula is C9H10F7NO3S2. The minimum absolute atomic E-state index is 0.0217. The zero-order chi connectivity index (χ0) is 17.4. The van der Waals surface area contributed by atoms with Crippen molar-refractivity contribution in [2.24, 2.45) is 0 Å². The van der Waals surface area contributed by atoms with Crippen LogP contribution in [-0.2, 0) is 14.6 Å². The average molecular weight is 377 g/mol. The number of thioether (sulfide) groups is 1. The molecule has 1 atom stereocenters. The summed E-state index contributed by atoms with van der Waals surface area (Å²) in [4.78, 5) is 11.2. The van der Waals surface area contributed by atoms with E-state index < -0.39 is 62.4 Å². The Labute approximate surface area is 124 Å². The smallest absolute Gasteiger partial charge is 0.352 e. The van der Waals surface area contributed by atoms with Crippen molar-refractivity contribution in [2.75, 3.05) is 17.3 Å². The topological polar surface area (TPSA) is 63.2 Å². The second-order valence-corrected chi connectivity index (χ2v) is 7.86. The summed E-state index contributed by atoms with van der Waals surface area (Å²) in [5, 5.41) is -3.52. The second kappa shape index (κ2) is 6.06. The van der Waals surface area contributed by atoms with Gasteiger partial charge in [-0.15, -0.1) is 0 Å². The first-order valence-electron chi connectivity index (χ1n) is 5.64. The van der Waals surface area contributed by atoms with Gasteiger partial charge in [-0.1, -0.05) is 11.8 Å². The summed E-state index contributed by atoms with van der Waals surface area (Å²) in [6, 6.07) is -0.866. The Morgan fingerprint density at radius 1 is 1.14 bits per heavy atom. The van der Waals surface area contributed by atoms with Crippen LogP contribution in [0.1, 0.15) is 6.42 Å². The summed E-state index contributed by atoms with van der Waals surface area (Å²) in [6.45, 7) is 0. The minimum Gasteiger partial charge on any atom is -0.352 e. The van der Waals surface area contributed by atoms with E-state index in [0.717, 1.165) is 0 Å². The normalized spacial score (nSPS) is 22.6. The first-order valence-corrected chi connectivity index (χ1v) is 8.45. The molecule has 0 radical (unpaired) electrons. The third-order valence-electron chi connectivity index (χ3n) is 2.70. The van der Waals surface area contributed by atoms with E-state index in [1.165, 1.54) is 0 Å². The van der Waals surface area contributed by atoms with Crippen LogP contribution in [0.3, 0.4) is 0 Å². The number of carbonyl (C=O) groups is 1. The van der Waals surface area contributed by atoms with Crippen molar-refractivity contribution < 1.29 is 43.9 Å². The van der Waals surface area contributed by atoms with Gasteiger partial charge in [0.15, 0.2) is 9.84 Å². The predicted molar refractivity (Wildman–Crippen MR) is 63.6 cm³/mol. The first-order chi connectivity index (χ1) is 9.68. The van der Waals surface area contributed by atoms with E-state index in [2.05, 4.69) is 0 Å². The Hall–Kier alpha value is -0.720. The van der Waals surface area contributed by atoms with Crippen LogP contribution in [0.25, 0.3) is 0 Å². The van der Waals surface area contributed by atoms with Crippen LogP contribution in [0.15, 0.2) is 0 Å². The monoisotopic (exact) mass is 377 g/mol. The lowest BCUT2D eigenvalue weighted by atomic mass is 10.3. The van der Waals surface area contributed by atoms with Gasteiger partial charge in [-0.25, -0.2) is 8.42 Å². The highest BCUT2D eigenvalue weighted by atomic mass is 32.2. The molecule has 0 unspecified atom stereocenters. The molecule has 1 aliphatic rings. The number of carbonyl (C=O) groups excluding carboxylic acids is 1. The third-order valence-corrected chi connectivity index (χ3v) is 5.50. The molecule has 1 heterocycles. The zero-order valence-electron chi connectivity index (χ0n) is 10.6. The molecule has 1 amide bonds. The maximum Gasteiger partial charge on any atom is 0.460 e. The van der Waals surface area contributed by atoms with Crippen molar-refractivity contribution >= 4 is 27.5 Å². The lowest BCUT2D eigenvalue weighted by Crippen LogP contribution is -2.50. The number of rotatable bonds is 5. The van der Waals surface area contributed by atoms with Gasteiger partial charge >= 0.3 is 17.4 Å². The summed E-state index contributed by atoms with van der Waals surface area (Å²) >= 11 is -1.16. The van der Waals surface area contributed by atoms with E-state index in [4.69, 9.17) is 0 Å². The lowest BCUT2D eigenvalue weighted by molar-refractivity contribution is -0.330. The number of alkyl halides is 7. The van der Waals surface area contributed by atoms with Crippen LogP contribution >= 0.6 is 11.8 Å². The molecule has 0 bridgehead atoms. The van der Waals surface area contributed by atoms with E-state index in [1.54, 1.807) is 0 Å². The zero-order valence-corrected chi connectivity index (χ0v) is 12.2. The van der Waals surface area contributed by atoms with Crippen molar-refractivity contribution in [2.45, 2.75) is 29.8 Å². The van der Waals surface area contributed by atoms with Crippen molar-refractivity contribution in [1.82, 2.24) is 5.32 Å². The fourth-order valence-electron chi connectivity index (χ4n) is 1.59. The molecule has 0 aliphatic carbocycles. The van der Waals surface area contributed by atoms with Gasteiger partial charge < -0.3 is 5.32 Å². The van der Waals surface area contributed by atoms with Crippen LogP contribution < -0.4 is 5.32 Å². The van der Waals surface area contributed by atoms with Gasteiger partial charge in [0.05, 0.1) is 17.3 Å². The molecule has 1 aliphatic heterocycles. The maximum atomic E-state index is 12.9. The predicted octanol–water partition coefficient (Wildman–Crippen LogP) is 1.81. The first kappa shape index (κ1) is 19.3. The summed E-state index contributed by atoms with van der Waals surface area (Å²) in [7, 11) is -3.37. The summed E-state index contributed by atoms with van der Waals surface area (Å²) < 4.78 is 109. The quantitative estimate of drug-likeness (QED) is 0.743. The molecule has 1 fully saturated rings. The van der Waals surface area contributed by atoms with Gasteiger partial charge in [0.25, 0.3) is 0 Å². The molecule has 0 spiro atoms. The van der Waals surface area contributed by atoms with Gasteiger partial charge in [-0.05, 0) is 6.42 Å². The molecule has 4 nitrogen and oxygen atoms in total. The molecule has 0 saturated carbocycles. The Balaban J connectivity index is 2.56. The molecule has 0 aromatic rings. The molecule has 13 heteroatoms. The molecular weight excluding hydrogens is 367 g/mol. The highest BCUT2D eigenvalue weighted by molar-refractivity contribution is 8.01. The van der Waals surface area contributed by atoms with Crippen LogP contribution in [0.5, 0.6) is 0 Å². The summed E-state index contributed by atoms with van der Waals surface area (Å²) in [6.07, 6.45) is -6.44. The Morgan fingerprint density at radius 3 is 2.09 bits per heavy atom. The molecule has 1 saturated heterocycles. The molecule has 1 N–H and O–H groups in total. The fraction of sp³-hybridized carbons (Fsp3) is 0.889. The van der Waals surface area contributed by atoms with Crippen molar-refractivity contribution in [3.63, 3.8) is 0 Å². The maximum absolute atomic E-state index is 12.9. The van der Waals surface area contributed by atoms with E-state index in [-0.39, 0.29) is 12.2 Å². The van der Waals surface area contributed by atoms with Crippen LogP contribution in [-0.4, -0.2) is 55.0 Å². The number of sulfone groups is 1. The summed E-state index contributed by atoms with van der Waals surface area (Å²) in [5.74, 6) is -9.56.